The first-order valence-electron chi connectivity index (χ1n) is 12.2. The minimum atomic E-state index is -0.545. The van der Waals surface area contributed by atoms with Crippen LogP contribution in [-0.4, -0.2) is 23.0 Å². The molecule has 3 N–H and O–H groups in total. The van der Waals surface area contributed by atoms with Crippen molar-refractivity contribution in [2.45, 2.75) is 17.1 Å². The molecule has 4 aromatic rings. The SMILES string of the molecule is CC(Sc1ccc(NC(=O)/C(=C/c2ccc(F)cc2)NC(=O)c2ccccc2)cc1)C(=O)Nc1ccc(Br)cc1. The highest BCUT2D eigenvalue weighted by Gasteiger charge is 2.17. The van der Waals surface area contributed by atoms with Gasteiger partial charge in [-0.15, -0.1) is 11.8 Å². The fourth-order valence-electron chi connectivity index (χ4n) is 3.52. The highest BCUT2D eigenvalue weighted by Crippen LogP contribution is 2.26. The Morgan fingerprint density at radius 1 is 0.800 bits per heavy atom. The molecule has 0 aliphatic rings. The summed E-state index contributed by atoms with van der Waals surface area (Å²) in [6.07, 6.45) is 1.48. The van der Waals surface area contributed by atoms with Crippen molar-refractivity contribution in [3.8, 4) is 0 Å². The van der Waals surface area contributed by atoms with Gasteiger partial charge in [0, 0.05) is 26.3 Å². The van der Waals surface area contributed by atoms with Gasteiger partial charge in [0.25, 0.3) is 11.8 Å². The minimum Gasteiger partial charge on any atom is -0.325 e. The number of amides is 3. The van der Waals surface area contributed by atoms with Crippen molar-refractivity contribution in [3.05, 3.63) is 130 Å². The van der Waals surface area contributed by atoms with Crippen LogP contribution in [0.5, 0.6) is 0 Å². The Balaban J connectivity index is 1.42. The molecule has 0 aromatic heterocycles. The number of rotatable bonds is 9. The molecule has 4 aromatic carbocycles. The van der Waals surface area contributed by atoms with Crippen LogP contribution in [0, 0.1) is 5.82 Å². The lowest BCUT2D eigenvalue weighted by Crippen LogP contribution is -2.30. The summed E-state index contributed by atoms with van der Waals surface area (Å²) in [5.41, 5.74) is 2.14. The first kappa shape index (κ1) is 28.8. The van der Waals surface area contributed by atoms with E-state index in [2.05, 4.69) is 31.9 Å². The number of hydrogen-bond donors (Lipinski definition) is 3. The zero-order chi connectivity index (χ0) is 28.5. The van der Waals surface area contributed by atoms with Gasteiger partial charge < -0.3 is 16.0 Å². The molecule has 0 saturated carbocycles. The summed E-state index contributed by atoms with van der Waals surface area (Å²) in [6.45, 7) is 1.82. The van der Waals surface area contributed by atoms with E-state index in [1.807, 2.05) is 31.2 Å². The van der Waals surface area contributed by atoms with Crippen molar-refractivity contribution < 1.29 is 18.8 Å². The maximum atomic E-state index is 13.4. The molecule has 0 radical (unpaired) electrons. The van der Waals surface area contributed by atoms with Crippen molar-refractivity contribution >= 4 is 62.9 Å². The van der Waals surface area contributed by atoms with Crippen LogP contribution >= 0.6 is 27.7 Å². The third-order valence-electron chi connectivity index (χ3n) is 5.62. The second-order valence-corrected chi connectivity index (χ2v) is 11.0. The van der Waals surface area contributed by atoms with Crippen LogP contribution in [0.2, 0.25) is 0 Å². The number of benzene rings is 4. The fraction of sp³-hybridized carbons (Fsp3) is 0.0645. The Morgan fingerprint density at radius 2 is 1.40 bits per heavy atom. The van der Waals surface area contributed by atoms with E-state index in [-0.39, 0.29) is 16.9 Å². The van der Waals surface area contributed by atoms with Gasteiger partial charge in [0.05, 0.1) is 5.25 Å². The summed E-state index contributed by atoms with van der Waals surface area (Å²) in [7, 11) is 0. The first-order valence-corrected chi connectivity index (χ1v) is 13.9. The molecule has 1 unspecified atom stereocenters. The highest BCUT2D eigenvalue weighted by molar-refractivity contribution is 9.10. The zero-order valence-corrected chi connectivity index (χ0v) is 23.8. The van der Waals surface area contributed by atoms with E-state index in [1.165, 1.54) is 42.1 Å². The normalized spacial score (nSPS) is 11.8. The number of halogens is 2. The maximum Gasteiger partial charge on any atom is 0.272 e. The quantitative estimate of drug-likeness (QED) is 0.138. The van der Waals surface area contributed by atoms with Crippen LogP contribution < -0.4 is 16.0 Å². The lowest BCUT2D eigenvalue weighted by atomic mass is 10.1. The van der Waals surface area contributed by atoms with Gasteiger partial charge in [0.2, 0.25) is 5.91 Å². The summed E-state index contributed by atoms with van der Waals surface area (Å²) in [5.74, 6) is -1.54. The van der Waals surface area contributed by atoms with Crippen LogP contribution in [0.25, 0.3) is 6.08 Å². The van der Waals surface area contributed by atoms with Gasteiger partial charge >= 0.3 is 0 Å². The standard InChI is InChI=1S/C31H25BrFN3O3S/c1-20(29(37)34-25-13-9-23(32)10-14-25)40-27-17-15-26(16-18-27)35-31(39)28(19-21-7-11-24(33)12-8-21)36-30(38)22-5-3-2-4-6-22/h2-20H,1H3,(H,34,37)(H,35,39)(H,36,38)/b28-19-. The van der Waals surface area contributed by atoms with Crippen LogP contribution in [0.1, 0.15) is 22.8 Å². The largest absolute Gasteiger partial charge is 0.325 e. The van der Waals surface area contributed by atoms with Crippen molar-refractivity contribution in [1.29, 1.82) is 0 Å². The van der Waals surface area contributed by atoms with E-state index in [4.69, 9.17) is 0 Å². The van der Waals surface area contributed by atoms with E-state index in [9.17, 15) is 18.8 Å². The Hall–Kier alpha value is -4.21. The molecule has 0 spiro atoms. The topological polar surface area (TPSA) is 87.3 Å². The molecule has 3 amide bonds. The van der Waals surface area contributed by atoms with Crippen molar-refractivity contribution in [3.63, 3.8) is 0 Å². The van der Waals surface area contributed by atoms with Crippen molar-refractivity contribution in [2.75, 3.05) is 10.6 Å². The van der Waals surface area contributed by atoms with Crippen molar-refractivity contribution in [1.82, 2.24) is 5.32 Å². The number of carbonyl (C=O) groups excluding carboxylic acids is 3. The molecule has 0 saturated heterocycles. The number of nitrogens with one attached hydrogen (secondary N) is 3. The fourth-order valence-corrected chi connectivity index (χ4v) is 4.65. The second-order valence-electron chi connectivity index (χ2n) is 8.66. The van der Waals surface area contributed by atoms with E-state index < -0.39 is 17.6 Å². The number of hydrogen-bond acceptors (Lipinski definition) is 4. The first-order chi connectivity index (χ1) is 19.3. The van der Waals surface area contributed by atoms with Gasteiger partial charge in [-0.3, -0.25) is 14.4 Å². The Morgan fingerprint density at radius 3 is 2.05 bits per heavy atom. The molecule has 0 heterocycles. The Labute approximate surface area is 244 Å². The molecule has 40 heavy (non-hydrogen) atoms. The van der Waals surface area contributed by atoms with E-state index in [1.54, 1.807) is 54.6 Å². The lowest BCUT2D eigenvalue weighted by Gasteiger charge is -2.13. The van der Waals surface area contributed by atoms with Gasteiger partial charge in [-0.1, -0.05) is 46.3 Å². The summed E-state index contributed by atoms with van der Waals surface area (Å²) in [4.78, 5) is 39.4. The number of thioether (sulfide) groups is 1. The molecule has 9 heteroatoms. The van der Waals surface area contributed by atoms with E-state index >= 15 is 0 Å². The molecule has 0 bridgehead atoms. The number of carbonyl (C=O) groups is 3. The Kier molecular flexibility index (Phi) is 9.88. The van der Waals surface area contributed by atoms with Gasteiger partial charge in [-0.2, -0.15) is 0 Å². The smallest absolute Gasteiger partial charge is 0.272 e. The monoisotopic (exact) mass is 617 g/mol. The third kappa shape index (κ3) is 8.39. The van der Waals surface area contributed by atoms with Crippen molar-refractivity contribution in [2.24, 2.45) is 0 Å². The molecule has 6 nitrogen and oxygen atoms in total. The zero-order valence-electron chi connectivity index (χ0n) is 21.4. The highest BCUT2D eigenvalue weighted by atomic mass is 79.9. The van der Waals surface area contributed by atoms with Gasteiger partial charge in [-0.25, -0.2) is 4.39 Å². The molecule has 0 fully saturated rings. The third-order valence-corrected chi connectivity index (χ3v) is 7.26. The lowest BCUT2D eigenvalue weighted by molar-refractivity contribution is -0.115. The molecule has 4 rings (SSSR count). The molecule has 0 aliphatic carbocycles. The average molecular weight is 619 g/mol. The van der Waals surface area contributed by atoms with Crippen LogP contribution in [0.3, 0.4) is 0 Å². The van der Waals surface area contributed by atoms with Crippen LogP contribution in [0.15, 0.2) is 118 Å². The van der Waals surface area contributed by atoms with Gasteiger partial charge in [0.1, 0.15) is 11.5 Å². The van der Waals surface area contributed by atoms with Gasteiger partial charge in [0.15, 0.2) is 0 Å². The predicted molar refractivity (Wildman–Crippen MR) is 161 cm³/mol. The summed E-state index contributed by atoms with van der Waals surface area (Å²) >= 11 is 4.76. The molecule has 1 atom stereocenters. The molecular weight excluding hydrogens is 593 g/mol. The van der Waals surface area contributed by atoms with Crippen LogP contribution in [0.4, 0.5) is 15.8 Å². The molecular formula is C31H25BrFN3O3S. The second kappa shape index (κ2) is 13.7. The minimum absolute atomic E-state index is 0.00264. The maximum absolute atomic E-state index is 13.4. The van der Waals surface area contributed by atoms with Gasteiger partial charge in [-0.05, 0) is 91.4 Å². The van der Waals surface area contributed by atoms with E-state index in [0.717, 1.165) is 9.37 Å². The van der Waals surface area contributed by atoms with Crippen LogP contribution in [-0.2, 0) is 9.59 Å². The molecule has 0 aliphatic heterocycles. The average Bonchev–Trinajstić information content (AvgIpc) is 2.96. The van der Waals surface area contributed by atoms with E-state index in [0.29, 0.717) is 22.5 Å². The predicted octanol–water partition coefficient (Wildman–Crippen LogP) is 7.12. The summed E-state index contributed by atoms with van der Waals surface area (Å²) < 4.78 is 14.3. The summed E-state index contributed by atoms with van der Waals surface area (Å²) in [5, 5.41) is 7.97. The Bertz CT molecular complexity index is 1510. The number of anilines is 2. The summed E-state index contributed by atoms with van der Waals surface area (Å²) in [6, 6.07) is 28.5. The molecule has 202 valence electrons.